The third kappa shape index (κ3) is 6.05. The first-order valence-electron chi connectivity index (χ1n) is 9.15. The Balaban J connectivity index is 2.22. The summed E-state index contributed by atoms with van der Waals surface area (Å²) in [6.45, 7) is 7.12. The van der Waals surface area contributed by atoms with E-state index in [0.717, 1.165) is 21.7 Å². The summed E-state index contributed by atoms with van der Waals surface area (Å²) in [5.74, 6) is -0.923. The minimum atomic E-state index is -3.66. The predicted octanol–water partition coefficient (Wildman–Crippen LogP) is 3.19. The number of benzene rings is 2. The van der Waals surface area contributed by atoms with Gasteiger partial charge in [0.15, 0.2) is 0 Å². The van der Waals surface area contributed by atoms with Gasteiger partial charge < -0.3 is 10.1 Å². The number of esters is 1. The molecule has 0 aliphatic heterocycles. The van der Waals surface area contributed by atoms with Crippen molar-refractivity contribution in [3.63, 3.8) is 0 Å². The zero-order chi connectivity index (χ0) is 21.8. The molecule has 7 nitrogen and oxygen atoms in total. The van der Waals surface area contributed by atoms with Gasteiger partial charge in [0.05, 0.1) is 24.1 Å². The van der Waals surface area contributed by atoms with Crippen molar-refractivity contribution in [2.75, 3.05) is 29.0 Å². The van der Waals surface area contributed by atoms with Crippen LogP contribution < -0.4 is 9.62 Å². The van der Waals surface area contributed by atoms with Gasteiger partial charge in [-0.15, -0.1) is 0 Å². The van der Waals surface area contributed by atoms with Crippen LogP contribution in [0.15, 0.2) is 36.4 Å². The van der Waals surface area contributed by atoms with Crippen molar-refractivity contribution in [3.8, 4) is 0 Å². The number of carbonyl (C=O) groups excluding carboxylic acids is 2. The first-order valence-corrected chi connectivity index (χ1v) is 11.0. The number of amides is 1. The molecule has 0 unspecified atom stereocenters. The van der Waals surface area contributed by atoms with Crippen LogP contribution in [0.4, 0.5) is 11.4 Å². The Morgan fingerprint density at radius 2 is 1.66 bits per heavy atom. The van der Waals surface area contributed by atoms with Crippen molar-refractivity contribution in [2.45, 2.75) is 27.7 Å². The lowest BCUT2D eigenvalue weighted by molar-refractivity contribution is -0.114. The van der Waals surface area contributed by atoms with Gasteiger partial charge in [0.25, 0.3) is 0 Å². The van der Waals surface area contributed by atoms with E-state index in [9.17, 15) is 18.0 Å². The molecule has 0 spiro atoms. The van der Waals surface area contributed by atoms with Crippen LogP contribution in [-0.4, -0.2) is 39.7 Å². The van der Waals surface area contributed by atoms with Crippen LogP contribution in [0.1, 0.15) is 34.0 Å². The smallest absolute Gasteiger partial charge is 0.338 e. The highest BCUT2D eigenvalue weighted by Gasteiger charge is 2.22. The van der Waals surface area contributed by atoms with Crippen molar-refractivity contribution < 1.29 is 22.7 Å². The highest BCUT2D eigenvalue weighted by molar-refractivity contribution is 7.92. The van der Waals surface area contributed by atoms with Crippen LogP contribution in [0.5, 0.6) is 0 Å². The quantitative estimate of drug-likeness (QED) is 0.697. The summed E-state index contributed by atoms with van der Waals surface area (Å²) in [4.78, 5) is 24.4. The van der Waals surface area contributed by atoms with E-state index in [1.54, 1.807) is 44.2 Å². The Bertz CT molecular complexity index is 1010. The Morgan fingerprint density at radius 1 is 1.03 bits per heavy atom. The molecule has 0 radical (unpaired) electrons. The van der Waals surface area contributed by atoms with E-state index in [2.05, 4.69) is 5.32 Å². The Kier molecular flexibility index (Phi) is 7.02. The average molecular weight is 419 g/mol. The number of hydrogen-bond acceptors (Lipinski definition) is 5. The maximum Gasteiger partial charge on any atom is 0.338 e. The van der Waals surface area contributed by atoms with Crippen molar-refractivity contribution in [3.05, 3.63) is 58.7 Å². The molecule has 0 fully saturated rings. The lowest BCUT2D eigenvalue weighted by Gasteiger charge is -2.23. The van der Waals surface area contributed by atoms with E-state index in [4.69, 9.17) is 4.74 Å². The number of carbonyl (C=O) groups is 2. The van der Waals surface area contributed by atoms with E-state index in [1.807, 2.05) is 19.9 Å². The van der Waals surface area contributed by atoms with Gasteiger partial charge in [0.1, 0.15) is 6.54 Å². The standard InChI is InChI=1S/C21H26N2O5S/c1-6-28-21(25)17-7-8-19(16(4)12-17)22-20(24)13-23(29(5,26)27)18-10-14(2)9-15(3)11-18/h7-12H,6,13H2,1-5H3,(H,22,24). The monoisotopic (exact) mass is 418 g/mol. The number of hydrogen-bond donors (Lipinski definition) is 1. The Morgan fingerprint density at radius 3 is 2.17 bits per heavy atom. The molecule has 1 amide bonds. The van der Waals surface area contributed by atoms with Crippen molar-refractivity contribution in [1.82, 2.24) is 0 Å². The van der Waals surface area contributed by atoms with Gasteiger partial charge in [-0.05, 0) is 74.7 Å². The van der Waals surface area contributed by atoms with Gasteiger partial charge in [-0.1, -0.05) is 6.07 Å². The summed E-state index contributed by atoms with van der Waals surface area (Å²) in [5, 5.41) is 2.71. The maximum atomic E-state index is 12.6. The fourth-order valence-electron chi connectivity index (χ4n) is 2.96. The molecule has 0 aliphatic carbocycles. The highest BCUT2D eigenvalue weighted by atomic mass is 32.2. The number of anilines is 2. The van der Waals surface area contributed by atoms with Gasteiger partial charge in [0.2, 0.25) is 15.9 Å². The molecule has 29 heavy (non-hydrogen) atoms. The van der Waals surface area contributed by atoms with Crippen LogP contribution >= 0.6 is 0 Å². The van der Waals surface area contributed by atoms with E-state index in [-0.39, 0.29) is 13.2 Å². The third-order valence-corrected chi connectivity index (χ3v) is 5.33. The molecule has 2 rings (SSSR count). The molecule has 0 aromatic heterocycles. The van der Waals surface area contributed by atoms with E-state index in [1.165, 1.54) is 0 Å². The third-order valence-electron chi connectivity index (χ3n) is 4.19. The normalized spacial score (nSPS) is 11.1. The van der Waals surface area contributed by atoms with Crippen LogP contribution in [-0.2, 0) is 19.6 Å². The van der Waals surface area contributed by atoms with Gasteiger partial charge in [0, 0.05) is 5.69 Å². The first-order chi connectivity index (χ1) is 13.5. The number of nitrogens with one attached hydrogen (secondary N) is 1. The molecule has 1 N–H and O–H groups in total. The molecule has 8 heteroatoms. The molecule has 0 atom stereocenters. The van der Waals surface area contributed by atoms with Gasteiger partial charge in [-0.2, -0.15) is 0 Å². The second-order valence-electron chi connectivity index (χ2n) is 6.91. The summed E-state index contributed by atoms with van der Waals surface area (Å²) in [6, 6.07) is 10.1. The number of rotatable bonds is 7. The number of nitrogens with zero attached hydrogens (tertiary/aromatic N) is 1. The molecule has 2 aromatic rings. The highest BCUT2D eigenvalue weighted by Crippen LogP contribution is 2.22. The van der Waals surface area contributed by atoms with E-state index in [0.29, 0.717) is 22.5 Å². The topological polar surface area (TPSA) is 92.8 Å². The molecule has 2 aromatic carbocycles. The summed E-state index contributed by atoms with van der Waals surface area (Å²) in [6.07, 6.45) is 1.07. The SMILES string of the molecule is CCOC(=O)c1ccc(NC(=O)CN(c2cc(C)cc(C)c2)S(C)(=O)=O)c(C)c1. The fraction of sp³-hybridized carbons (Fsp3) is 0.333. The molecule has 0 saturated carbocycles. The number of ether oxygens (including phenoxy) is 1. The number of aryl methyl sites for hydroxylation is 3. The minimum Gasteiger partial charge on any atom is -0.462 e. The summed E-state index contributed by atoms with van der Waals surface area (Å²) in [7, 11) is -3.66. The summed E-state index contributed by atoms with van der Waals surface area (Å²) in [5.41, 5.74) is 3.79. The molecule has 0 bridgehead atoms. The van der Waals surface area contributed by atoms with Crippen LogP contribution in [0.3, 0.4) is 0 Å². The minimum absolute atomic E-state index is 0.274. The zero-order valence-electron chi connectivity index (χ0n) is 17.3. The van der Waals surface area contributed by atoms with Crippen molar-refractivity contribution >= 4 is 33.3 Å². The van der Waals surface area contributed by atoms with E-state index >= 15 is 0 Å². The van der Waals surface area contributed by atoms with Gasteiger partial charge >= 0.3 is 5.97 Å². The average Bonchev–Trinajstić information content (AvgIpc) is 2.59. The van der Waals surface area contributed by atoms with Crippen molar-refractivity contribution in [2.24, 2.45) is 0 Å². The van der Waals surface area contributed by atoms with Crippen molar-refractivity contribution in [1.29, 1.82) is 0 Å². The largest absolute Gasteiger partial charge is 0.462 e. The van der Waals surface area contributed by atoms with E-state index < -0.39 is 21.9 Å². The second-order valence-corrected chi connectivity index (χ2v) is 8.82. The first kappa shape index (κ1) is 22.4. The van der Waals surface area contributed by atoms with Crippen LogP contribution in [0, 0.1) is 20.8 Å². The summed E-state index contributed by atoms with van der Waals surface area (Å²) < 4.78 is 30.6. The molecule has 0 saturated heterocycles. The number of sulfonamides is 1. The lowest BCUT2D eigenvalue weighted by Crippen LogP contribution is -2.37. The zero-order valence-corrected chi connectivity index (χ0v) is 18.1. The molecule has 0 aliphatic rings. The molecular formula is C21H26N2O5S. The second kappa shape index (κ2) is 9.09. The van der Waals surface area contributed by atoms with Gasteiger partial charge in [-0.25, -0.2) is 13.2 Å². The Labute approximate surface area is 171 Å². The molecule has 0 heterocycles. The molecular weight excluding hydrogens is 392 g/mol. The van der Waals surface area contributed by atoms with Crippen LogP contribution in [0.25, 0.3) is 0 Å². The Hall–Kier alpha value is -2.87. The lowest BCUT2D eigenvalue weighted by atomic mass is 10.1. The predicted molar refractivity (Wildman–Crippen MR) is 114 cm³/mol. The fourth-order valence-corrected chi connectivity index (χ4v) is 3.80. The molecule has 156 valence electrons. The van der Waals surface area contributed by atoms with Gasteiger partial charge in [-0.3, -0.25) is 9.10 Å². The maximum absolute atomic E-state index is 12.6. The van der Waals surface area contributed by atoms with Crippen LogP contribution in [0.2, 0.25) is 0 Å². The summed E-state index contributed by atoms with van der Waals surface area (Å²) >= 11 is 0.